The first kappa shape index (κ1) is 16.2. The summed E-state index contributed by atoms with van der Waals surface area (Å²) in [5, 5.41) is 7.44. The second kappa shape index (κ2) is 7.22. The highest BCUT2D eigenvalue weighted by atomic mass is 16.5. The molecule has 0 spiro atoms. The minimum Gasteiger partial charge on any atom is -0.383 e. The van der Waals surface area contributed by atoms with Crippen LogP contribution in [0.25, 0.3) is 0 Å². The molecular formula is C17H23N3O2. The second-order valence-electron chi connectivity index (χ2n) is 5.52. The van der Waals surface area contributed by atoms with Crippen LogP contribution >= 0.6 is 0 Å². The molecule has 0 aliphatic carbocycles. The summed E-state index contributed by atoms with van der Waals surface area (Å²) >= 11 is 0. The Morgan fingerprint density at radius 1 is 1.32 bits per heavy atom. The highest BCUT2D eigenvalue weighted by Gasteiger charge is 2.20. The minimum atomic E-state index is -0.0983. The first-order chi connectivity index (χ1) is 10.5. The topological polar surface area (TPSA) is 56.1 Å². The van der Waals surface area contributed by atoms with E-state index in [0.29, 0.717) is 18.7 Å². The predicted octanol–water partition coefficient (Wildman–Crippen LogP) is 2.31. The maximum Gasteiger partial charge on any atom is 0.255 e. The zero-order valence-electron chi connectivity index (χ0n) is 13.6. The van der Waals surface area contributed by atoms with Gasteiger partial charge in [0.2, 0.25) is 0 Å². The van der Waals surface area contributed by atoms with Gasteiger partial charge >= 0.3 is 0 Å². The Bertz CT molecular complexity index is 635. The molecule has 1 aromatic carbocycles. The number of amides is 1. The average Bonchev–Trinajstić information content (AvgIpc) is 2.74. The van der Waals surface area contributed by atoms with Gasteiger partial charge in [0.25, 0.3) is 5.91 Å². The van der Waals surface area contributed by atoms with E-state index in [0.717, 1.165) is 17.0 Å². The van der Waals surface area contributed by atoms with Crippen molar-refractivity contribution in [3.8, 4) is 0 Å². The van der Waals surface area contributed by atoms with E-state index in [-0.39, 0.29) is 11.9 Å². The van der Waals surface area contributed by atoms with Gasteiger partial charge in [-0.05, 0) is 26.3 Å². The number of hydrogen-bond acceptors (Lipinski definition) is 3. The van der Waals surface area contributed by atoms with Crippen LogP contribution in [0.4, 0.5) is 0 Å². The van der Waals surface area contributed by atoms with E-state index in [1.165, 1.54) is 0 Å². The van der Waals surface area contributed by atoms with E-state index in [2.05, 4.69) is 22.5 Å². The molecule has 0 unspecified atom stereocenters. The number of benzene rings is 1. The largest absolute Gasteiger partial charge is 0.383 e. The Balaban J connectivity index is 2.18. The van der Waals surface area contributed by atoms with Crippen LogP contribution in [0.1, 0.15) is 34.2 Å². The van der Waals surface area contributed by atoms with Gasteiger partial charge in [-0.3, -0.25) is 9.48 Å². The Labute approximate surface area is 131 Å². The molecule has 5 nitrogen and oxygen atoms in total. The van der Waals surface area contributed by atoms with Crippen LogP contribution in [0.3, 0.4) is 0 Å². The lowest BCUT2D eigenvalue weighted by atomic mass is 10.1. The maximum atomic E-state index is 12.4. The van der Waals surface area contributed by atoms with Crippen molar-refractivity contribution in [1.29, 1.82) is 0 Å². The number of carbonyl (C=O) groups excluding carboxylic acids is 1. The number of aromatic nitrogens is 2. The zero-order valence-corrected chi connectivity index (χ0v) is 13.6. The normalized spacial score (nSPS) is 12.2. The van der Waals surface area contributed by atoms with Crippen molar-refractivity contribution in [1.82, 2.24) is 15.1 Å². The van der Waals surface area contributed by atoms with Gasteiger partial charge in [0.05, 0.1) is 24.4 Å². The van der Waals surface area contributed by atoms with Gasteiger partial charge in [-0.1, -0.05) is 30.3 Å². The first-order valence-electron chi connectivity index (χ1n) is 7.40. The molecule has 0 saturated carbocycles. The third kappa shape index (κ3) is 3.74. The smallest absolute Gasteiger partial charge is 0.255 e. The fraction of sp³-hybridized carbons (Fsp3) is 0.412. The summed E-state index contributed by atoms with van der Waals surface area (Å²) in [6.45, 7) is 6.86. The Morgan fingerprint density at radius 3 is 2.64 bits per heavy atom. The summed E-state index contributed by atoms with van der Waals surface area (Å²) in [5.41, 5.74) is 3.44. The van der Waals surface area contributed by atoms with Crippen molar-refractivity contribution < 1.29 is 9.53 Å². The Hall–Kier alpha value is -2.14. The average molecular weight is 301 g/mol. The summed E-state index contributed by atoms with van der Waals surface area (Å²) in [4.78, 5) is 12.4. The molecule has 0 aliphatic rings. The van der Waals surface area contributed by atoms with E-state index in [1.54, 1.807) is 7.11 Å². The van der Waals surface area contributed by atoms with Gasteiger partial charge in [0.15, 0.2) is 0 Å². The Kier molecular flexibility index (Phi) is 5.33. The van der Waals surface area contributed by atoms with Crippen LogP contribution < -0.4 is 5.32 Å². The molecule has 1 N–H and O–H groups in total. The fourth-order valence-corrected chi connectivity index (χ4v) is 2.52. The number of hydrogen-bond donors (Lipinski definition) is 1. The van der Waals surface area contributed by atoms with Crippen LogP contribution in [0, 0.1) is 13.8 Å². The molecule has 0 aliphatic heterocycles. The van der Waals surface area contributed by atoms with Gasteiger partial charge in [-0.15, -0.1) is 0 Å². The fourth-order valence-electron chi connectivity index (χ4n) is 2.52. The van der Waals surface area contributed by atoms with Crippen molar-refractivity contribution in [3.63, 3.8) is 0 Å². The summed E-state index contributed by atoms with van der Waals surface area (Å²) in [6, 6.07) is 10.1. The number of methoxy groups -OCH3 is 1. The molecule has 1 aromatic heterocycles. The minimum absolute atomic E-state index is 0.0335. The van der Waals surface area contributed by atoms with Crippen molar-refractivity contribution in [2.24, 2.45) is 0 Å². The summed E-state index contributed by atoms with van der Waals surface area (Å²) < 4.78 is 6.93. The molecule has 1 amide bonds. The number of nitrogens with zero attached hydrogens (tertiary/aromatic N) is 2. The van der Waals surface area contributed by atoms with E-state index in [1.807, 2.05) is 43.7 Å². The SMILES string of the molecule is COC[C@H](C)NC(=O)c1c(C)nn(Cc2ccccc2)c1C. The quantitative estimate of drug-likeness (QED) is 0.891. The van der Waals surface area contributed by atoms with Crippen molar-refractivity contribution >= 4 is 5.91 Å². The van der Waals surface area contributed by atoms with Crippen LogP contribution in [-0.4, -0.2) is 35.4 Å². The van der Waals surface area contributed by atoms with Crippen molar-refractivity contribution in [2.75, 3.05) is 13.7 Å². The highest BCUT2D eigenvalue weighted by Crippen LogP contribution is 2.15. The molecule has 0 radical (unpaired) electrons. The zero-order chi connectivity index (χ0) is 16.1. The van der Waals surface area contributed by atoms with E-state index < -0.39 is 0 Å². The second-order valence-corrected chi connectivity index (χ2v) is 5.52. The van der Waals surface area contributed by atoms with Crippen LogP contribution in [0.2, 0.25) is 0 Å². The molecule has 1 atom stereocenters. The van der Waals surface area contributed by atoms with Crippen LogP contribution in [0.5, 0.6) is 0 Å². The lowest BCUT2D eigenvalue weighted by Gasteiger charge is -2.13. The molecule has 118 valence electrons. The van der Waals surface area contributed by atoms with Gasteiger partial charge < -0.3 is 10.1 Å². The van der Waals surface area contributed by atoms with E-state index in [4.69, 9.17) is 4.74 Å². The number of aryl methyl sites for hydroxylation is 1. The number of nitrogens with one attached hydrogen (secondary N) is 1. The molecule has 2 rings (SSSR count). The van der Waals surface area contributed by atoms with Crippen molar-refractivity contribution in [3.05, 3.63) is 52.8 Å². The lowest BCUT2D eigenvalue weighted by molar-refractivity contribution is 0.0904. The number of ether oxygens (including phenoxy) is 1. The van der Waals surface area contributed by atoms with Crippen LogP contribution in [-0.2, 0) is 11.3 Å². The summed E-state index contributed by atoms with van der Waals surface area (Å²) in [5.74, 6) is -0.0983. The molecule has 0 fully saturated rings. The van der Waals surface area contributed by atoms with E-state index in [9.17, 15) is 4.79 Å². The lowest BCUT2D eigenvalue weighted by Crippen LogP contribution is -2.36. The molecule has 22 heavy (non-hydrogen) atoms. The first-order valence-corrected chi connectivity index (χ1v) is 7.40. The van der Waals surface area contributed by atoms with Gasteiger partial charge in [0, 0.05) is 18.8 Å². The van der Waals surface area contributed by atoms with Gasteiger partial charge in [-0.25, -0.2) is 0 Å². The number of rotatable bonds is 6. The third-order valence-corrected chi connectivity index (χ3v) is 3.58. The third-order valence-electron chi connectivity index (χ3n) is 3.58. The molecule has 5 heteroatoms. The predicted molar refractivity (Wildman–Crippen MR) is 86.0 cm³/mol. The van der Waals surface area contributed by atoms with Crippen molar-refractivity contribution in [2.45, 2.75) is 33.4 Å². The Morgan fingerprint density at radius 2 is 2.00 bits per heavy atom. The standard InChI is InChI=1S/C17H23N3O2/c1-12(11-22-4)18-17(21)16-13(2)19-20(14(16)3)10-15-8-6-5-7-9-15/h5-9,12H,10-11H2,1-4H3,(H,18,21)/t12-/m0/s1. The highest BCUT2D eigenvalue weighted by molar-refractivity contribution is 5.96. The molecular weight excluding hydrogens is 278 g/mol. The molecule has 2 aromatic rings. The monoisotopic (exact) mass is 301 g/mol. The molecule has 0 bridgehead atoms. The summed E-state index contributed by atoms with van der Waals surface area (Å²) in [7, 11) is 1.62. The molecule has 1 heterocycles. The number of carbonyl (C=O) groups is 1. The van der Waals surface area contributed by atoms with Gasteiger partial charge in [-0.2, -0.15) is 5.10 Å². The van der Waals surface area contributed by atoms with E-state index >= 15 is 0 Å². The summed E-state index contributed by atoms with van der Waals surface area (Å²) in [6.07, 6.45) is 0. The molecule has 0 saturated heterocycles. The maximum absolute atomic E-state index is 12.4. The van der Waals surface area contributed by atoms with Gasteiger partial charge in [0.1, 0.15) is 0 Å². The van der Waals surface area contributed by atoms with Crippen LogP contribution in [0.15, 0.2) is 30.3 Å².